The van der Waals surface area contributed by atoms with Gasteiger partial charge in [-0.1, -0.05) is 13.8 Å². The molecule has 0 fully saturated rings. The second kappa shape index (κ2) is 8.21. The van der Waals surface area contributed by atoms with Crippen LogP contribution in [0, 0.1) is 10.1 Å². The molecule has 0 aromatic heterocycles. The van der Waals surface area contributed by atoms with E-state index < -0.39 is 4.92 Å². The number of benzene rings is 1. The zero-order valence-corrected chi connectivity index (χ0v) is 12.5. The van der Waals surface area contributed by atoms with E-state index in [1.807, 2.05) is 13.8 Å². The lowest BCUT2D eigenvalue weighted by molar-refractivity contribution is -0.384. The molecule has 0 bridgehead atoms. The van der Waals surface area contributed by atoms with Crippen molar-refractivity contribution in [3.8, 4) is 5.75 Å². The maximum Gasteiger partial charge on any atom is 0.296 e. The van der Waals surface area contributed by atoms with Crippen molar-refractivity contribution in [2.75, 3.05) is 19.0 Å². The van der Waals surface area contributed by atoms with E-state index in [0.29, 0.717) is 24.6 Å². The van der Waals surface area contributed by atoms with Crippen LogP contribution in [0.1, 0.15) is 26.7 Å². The number of hydrogen-bond acceptors (Lipinski definition) is 5. The third-order valence-corrected chi connectivity index (χ3v) is 2.81. The monoisotopic (exact) mass is 295 g/mol. The van der Waals surface area contributed by atoms with E-state index in [2.05, 4.69) is 10.6 Å². The molecule has 1 aromatic rings. The summed E-state index contributed by atoms with van der Waals surface area (Å²) in [4.78, 5) is 22.2. The molecule has 2 N–H and O–H groups in total. The summed E-state index contributed by atoms with van der Waals surface area (Å²) in [6.45, 7) is 4.79. The molecular formula is C14H21N3O4. The van der Waals surface area contributed by atoms with Gasteiger partial charge in [0, 0.05) is 12.5 Å². The summed E-state index contributed by atoms with van der Waals surface area (Å²) >= 11 is 0. The molecule has 0 radical (unpaired) electrons. The highest BCUT2D eigenvalue weighted by atomic mass is 16.6. The zero-order chi connectivity index (χ0) is 15.8. The van der Waals surface area contributed by atoms with E-state index in [0.717, 1.165) is 6.54 Å². The molecule has 7 nitrogen and oxygen atoms in total. The first-order chi connectivity index (χ1) is 9.93. The van der Waals surface area contributed by atoms with Crippen molar-refractivity contribution in [2.45, 2.75) is 32.7 Å². The Morgan fingerprint density at radius 2 is 2.14 bits per heavy atom. The number of carbonyl (C=O) groups excluding carboxylic acids is 1. The largest absolute Gasteiger partial charge is 0.496 e. The number of anilines is 1. The molecule has 0 saturated heterocycles. The minimum Gasteiger partial charge on any atom is -0.496 e. The van der Waals surface area contributed by atoms with E-state index in [4.69, 9.17) is 4.74 Å². The van der Waals surface area contributed by atoms with Gasteiger partial charge in [-0.15, -0.1) is 0 Å². The van der Waals surface area contributed by atoms with Crippen LogP contribution in [0.2, 0.25) is 0 Å². The lowest BCUT2D eigenvalue weighted by Gasteiger charge is -2.09. The number of hydrogen-bond donors (Lipinski definition) is 2. The normalized spacial score (nSPS) is 10.5. The van der Waals surface area contributed by atoms with E-state index in [-0.39, 0.29) is 17.3 Å². The maximum atomic E-state index is 11.8. The second-order valence-electron chi connectivity index (χ2n) is 4.90. The van der Waals surface area contributed by atoms with Gasteiger partial charge in [-0.05, 0) is 25.1 Å². The summed E-state index contributed by atoms with van der Waals surface area (Å²) in [5, 5.41) is 16.8. The SMILES string of the molecule is COc1ccc(NC(=O)CCCNC(C)C)c([N+](=O)[O-])c1. The van der Waals surface area contributed by atoms with Gasteiger partial charge in [-0.3, -0.25) is 14.9 Å². The zero-order valence-electron chi connectivity index (χ0n) is 12.5. The summed E-state index contributed by atoms with van der Waals surface area (Å²) in [7, 11) is 1.43. The molecular weight excluding hydrogens is 274 g/mol. The summed E-state index contributed by atoms with van der Waals surface area (Å²) in [5.41, 5.74) is 0.00521. The molecule has 0 aliphatic rings. The fourth-order valence-corrected chi connectivity index (χ4v) is 1.75. The predicted octanol–water partition coefficient (Wildman–Crippen LogP) is 2.32. The first-order valence-corrected chi connectivity index (χ1v) is 6.79. The van der Waals surface area contributed by atoms with Crippen LogP contribution >= 0.6 is 0 Å². The van der Waals surface area contributed by atoms with Gasteiger partial charge in [0.2, 0.25) is 5.91 Å². The number of ether oxygens (including phenoxy) is 1. The minimum absolute atomic E-state index is 0.178. The van der Waals surface area contributed by atoms with Crippen molar-refractivity contribution in [3.63, 3.8) is 0 Å². The molecule has 1 amide bonds. The molecule has 21 heavy (non-hydrogen) atoms. The van der Waals surface area contributed by atoms with Gasteiger partial charge in [0.15, 0.2) is 0 Å². The summed E-state index contributed by atoms with van der Waals surface area (Å²) in [6, 6.07) is 4.70. The number of nitro benzene ring substituents is 1. The number of nitrogens with one attached hydrogen (secondary N) is 2. The van der Waals surface area contributed by atoms with Gasteiger partial charge in [0.1, 0.15) is 11.4 Å². The second-order valence-corrected chi connectivity index (χ2v) is 4.90. The molecule has 116 valence electrons. The number of rotatable bonds is 8. The lowest BCUT2D eigenvalue weighted by Crippen LogP contribution is -2.24. The molecule has 0 atom stereocenters. The van der Waals surface area contributed by atoms with Crippen molar-refractivity contribution in [1.82, 2.24) is 5.32 Å². The Morgan fingerprint density at radius 3 is 2.71 bits per heavy atom. The van der Waals surface area contributed by atoms with Gasteiger partial charge in [0.25, 0.3) is 5.69 Å². The quantitative estimate of drug-likeness (QED) is 0.436. The lowest BCUT2D eigenvalue weighted by atomic mass is 10.2. The average molecular weight is 295 g/mol. The smallest absolute Gasteiger partial charge is 0.296 e. The van der Waals surface area contributed by atoms with Crippen molar-refractivity contribution in [1.29, 1.82) is 0 Å². The topological polar surface area (TPSA) is 93.5 Å². The van der Waals surface area contributed by atoms with Crippen LogP contribution in [-0.4, -0.2) is 30.5 Å². The number of methoxy groups -OCH3 is 1. The summed E-state index contributed by atoms with van der Waals surface area (Å²) < 4.78 is 4.94. The molecule has 0 aliphatic carbocycles. The van der Waals surface area contributed by atoms with Gasteiger partial charge < -0.3 is 15.4 Å². The van der Waals surface area contributed by atoms with Crippen LogP contribution in [0.4, 0.5) is 11.4 Å². The van der Waals surface area contributed by atoms with Gasteiger partial charge in [-0.2, -0.15) is 0 Å². The number of amides is 1. The average Bonchev–Trinajstić information content (AvgIpc) is 2.43. The van der Waals surface area contributed by atoms with Gasteiger partial charge in [-0.25, -0.2) is 0 Å². The van der Waals surface area contributed by atoms with Crippen molar-refractivity contribution in [2.24, 2.45) is 0 Å². The molecule has 0 saturated carbocycles. The third kappa shape index (κ3) is 5.78. The number of nitrogens with zero attached hydrogens (tertiary/aromatic N) is 1. The Balaban J connectivity index is 2.61. The molecule has 0 aliphatic heterocycles. The van der Waals surface area contributed by atoms with Crippen LogP contribution in [0.25, 0.3) is 0 Å². The number of carbonyl (C=O) groups is 1. The fourth-order valence-electron chi connectivity index (χ4n) is 1.75. The fraction of sp³-hybridized carbons (Fsp3) is 0.500. The predicted molar refractivity (Wildman–Crippen MR) is 80.7 cm³/mol. The van der Waals surface area contributed by atoms with Crippen LogP contribution in [0.5, 0.6) is 5.75 Å². The standard InChI is InChI=1S/C14H21N3O4/c1-10(2)15-8-4-5-14(18)16-12-7-6-11(21-3)9-13(12)17(19)20/h6-7,9-10,15H,4-5,8H2,1-3H3,(H,16,18). The molecule has 0 unspecified atom stereocenters. The van der Waals surface area contributed by atoms with Gasteiger partial charge >= 0.3 is 0 Å². The minimum atomic E-state index is -0.543. The molecule has 1 aromatic carbocycles. The maximum absolute atomic E-state index is 11.8. The first kappa shape index (κ1) is 16.9. The van der Waals surface area contributed by atoms with Crippen molar-refractivity contribution < 1.29 is 14.5 Å². The molecule has 0 heterocycles. The Kier molecular flexibility index (Phi) is 6.61. The van der Waals surface area contributed by atoms with Gasteiger partial charge in [0.05, 0.1) is 18.1 Å². The van der Waals surface area contributed by atoms with E-state index in [1.54, 1.807) is 6.07 Å². The van der Waals surface area contributed by atoms with Crippen LogP contribution in [-0.2, 0) is 4.79 Å². The summed E-state index contributed by atoms with van der Waals surface area (Å²) in [6.07, 6.45) is 0.983. The van der Waals surface area contributed by atoms with E-state index in [9.17, 15) is 14.9 Å². The van der Waals surface area contributed by atoms with Crippen molar-refractivity contribution in [3.05, 3.63) is 28.3 Å². The first-order valence-electron chi connectivity index (χ1n) is 6.79. The highest BCUT2D eigenvalue weighted by molar-refractivity contribution is 5.93. The Bertz CT molecular complexity index is 503. The molecule has 7 heteroatoms. The highest BCUT2D eigenvalue weighted by Crippen LogP contribution is 2.28. The van der Waals surface area contributed by atoms with Crippen LogP contribution in [0.3, 0.4) is 0 Å². The summed E-state index contributed by atoms with van der Waals surface area (Å²) in [5.74, 6) is 0.134. The number of nitro groups is 1. The van der Waals surface area contributed by atoms with E-state index in [1.165, 1.54) is 19.2 Å². The van der Waals surface area contributed by atoms with Crippen LogP contribution in [0.15, 0.2) is 18.2 Å². The molecule has 1 rings (SSSR count). The third-order valence-electron chi connectivity index (χ3n) is 2.81. The Labute approximate surface area is 123 Å². The highest BCUT2D eigenvalue weighted by Gasteiger charge is 2.16. The Morgan fingerprint density at radius 1 is 1.43 bits per heavy atom. The Hall–Kier alpha value is -2.15. The molecule has 0 spiro atoms. The van der Waals surface area contributed by atoms with Crippen molar-refractivity contribution >= 4 is 17.3 Å². The van der Waals surface area contributed by atoms with E-state index >= 15 is 0 Å². The van der Waals surface area contributed by atoms with Crippen LogP contribution < -0.4 is 15.4 Å².